The van der Waals surface area contributed by atoms with Gasteiger partial charge in [0.05, 0.1) is 16.9 Å². The number of rotatable bonds is 5. The Bertz CT molecular complexity index is 658. The Kier molecular flexibility index (Phi) is 4.85. The quantitative estimate of drug-likeness (QED) is 0.499. The van der Waals surface area contributed by atoms with Gasteiger partial charge < -0.3 is 10.6 Å². The summed E-state index contributed by atoms with van der Waals surface area (Å²) in [6.07, 6.45) is 1.94. The molecule has 3 nitrogen and oxygen atoms in total. The van der Waals surface area contributed by atoms with Crippen LogP contribution in [0.25, 0.3) is 0 Å². The first-order chi connectivity index (χ1) is 10.1. The molecule has 3 N–H and O–H groups in total. The largest absolute Gasteiger partial charge is 0.384 e. The first kappa shape index (κ1) is 15.4. The van der Waals surface area contributed by atoms with Crippen molar-refractivity contribution in [2.24, 2.45) is 5.73 Å². The van der Waals surface area contributed by atoms with Crippen LogP contribution in [0, 0.1) is 11.2 Å². The van der Waals surface area contributed by atoms with Crippen molar-refractivity contribution in [1.29, 1.82) is 5.41 Å². The third-order valence-electron chi connectivity index (χ3n) is 3.24. The maximum Gasteiger partial charge on any atom is 0.146 e. The molecule has 5 heteroatoms. The molecule has 0 aliphatic rings. The van der Waals surface area contributed by atoms with Crippen molar-refractivity contribution < 1.29 is 4.39 Å². The molecule has 0 aliphatic heterocycles. The van der Waals surface area contributed by atoms with E-state index in [9.17, 15) is 4.39 Å². The Morgan fingerprint density at radius 2 is 1.86 bits per heavy atom. The average molecular weight is 303 g/mol. The van der Waals surface area contributed by atoms with Crippen molar-refractivity contribution in [1.82, 2.24) is 0 Å². The van der Waals surface area contributed by atoms with E-state index in [2.05, 4.69) is 0 Å². The SMILES string of the molecule is CCN(c1ccccc1F)c1cccc(SC)c1C(=N)N. The molecular weight excluding hydrogens is 285 g/mol. The monoisotopic (exact) mass is 303 g/mol. The number of nitrogens with two attached hydrogens (primary N) is 1. The van der Waals surface area contributed by atoms with Gasteiger partial charge in [-0.25, -0.2) is 4.39 Å². The van der Waals surface area contributed by atoms with Gasteiger partial charge in [-0.05, 0) is 37.4 Å². The van der Waals surface area contributed by atoms with E-state index in [1.807, 2.05) is 36.3 Å². The number of nitrogens with zero attached hydrogens (tertiary/aromatic N) is 1. The van der Waals surface area contributed by atoms with E-state index in [0.29, 0.717) is 17.8 Å². The van der Waals surface area contributed by atoms with E-state index >= 15 is 0 Å². The van der Waals surface area contributed by atoms with Gasteiger partial charge in [0.25, 0.3) is 0 Å². The summed E-state index contributed by atoms with van der Waals surface area (Å²) in [7, 11) is 0. The number of nitrogens with one attached hydrogen (secondary N) is 1. The number of hydrogen-bond acceptors (Lipinski definition) is 3. The van der Waals surface area contributed by atoms with Gasteiger partial charge in [0.1, 0.15) is 11.7 Å². The van der Waals surface area contributed by atoms with Crippen LogP contribution in [0.2, 0.25) is 0 Å². The van der Waals surface area contributed by atoms with Gasteiger partial charge in [0.2, 0.25) is 0 Å². The Morgan fingerprint density at radius 3 is 2.43 bits per heavy atom. The van der Waals surface area contributed by atoms with E-state index in [4.69, 9.17) is 11.1 Å². The lowest BCUT2D eigenvalue weighted by Crippen LogP contribution is -2.23. The van der Waals surface area contributed by atoms with Gasteiger partial charge in [0, 0.05) is 11.4 Å². The zero-order chi connectivity index (χ0) is 15.4. The van der Waals surface area contributed by atoms with Crippen LogP contribution >= 0.6 is 11.8 Å². The molecule has 0 aromatic heterocycles. The topological polar surface area (TPSA) is 53.1 Å². The Labute approximate surface area is 128 Å². The maximum atomic E-state index is 14.1. The molecule has 2 aromatic rings. The molecule has 0 fully saturated rings. The fourth-order valence-corrected chi connectivity index (χ4v) is 2.96. The van der Waals surface area contributed by atoms with Crippen LogP contribution in [0.5, 0.6) is 0 Å². The smallest absolute Gasteiger partial charge is 0.146 e. The van der Waals surface area contributed by atoms with Crippen LogP contribution in [-0.4, -0.2) is 18.6 Å². The number of nitrogen functional groups attached to an aromatic ring is 1. The highest BCUT2D eigenvalue weighted by atomic mass is 32.2. The van der Waals surface area contributed by atoms with Crippen LogP contribution in [0.15, 0.2) is 47.4 Å². The zero-order valence-electron chi connectivity index (χ0n) is 12.1. The number of halogens is 1. The third kappa shape index (κ3) is 3.03. The third-order valence-corrected chi connectivity index (χ3v) is 4.02. The Balaban J connectivity index is 2.63. The highest BCUT2D eigenvalue weighted by Gasteiger charge is 2.18. The van der Waals surface area contributed by atoms with E-state index in [-0.39, 0.29) is 11.7 Å². The van der Waals surface area contributed by atoms with Crippen molar-refractivity contribution in [2.75, 3.05) is 17.7 Å². The summed E-state index contributed by atoms with van der Waals surface area (Å²) in [5.74, 6) is -0.298. The second-order valence-corrected chi connectivity index (χ2v) is 5.31. The number of para-hydroxylation sites is 1. The molecule has 0 aliphatic carbocycles. The van der Waals surface area contributed by atoms with Crippen molar-refractivity contribution in [3.63, 3.8) is 0 Å². The first-order valence-electron chi connectivity index (χ1n) is 6.63. The molecule has 0 radical (unpaired) electrons. The van der Waals surface area contributed by atoms with Crippen LogP contribution in [0.3, 0.4) is 0 Å². The minimum absolute atomic E-state index is 0.00950. The van der Waals surface area contributed by atoms with E-state index in [1.54, 1.807) is 18.2 Å². The maximum absolute atomic E-state index is 14.1. The minimum atomic E-state index is -0.289. The minimum Gasteiger partial charge on any atom is -0.384 e. The van der Waals surface area contributed by atoms with Crippen LogP contribution < -0.4 is 10.6 Å². The van der Waals surface area contributed by atoms with Gasteiger partial charge in [-0.15, -0.1) is 11.8 Å². The van der Waals surface area contributed by atoms with Gasteiger partial charge >= 0.3 is 0 Å². The molecule has 2 aromatic carbocycles. The van der Waals surface area contributed by atoms with Crippen LogP contribution in [0.4, 0.5) is 15.8 Å². The molecule has 0 spiro atoms. The Hall–Kier alpha value is -2.01. The van der Waals surface area contributed by atoms with Crippen LogP contribution in [-0.2, 0) is 0 Å². The van der Waals surface area contributed by atoms with Gasteiger partial charge in [-0.1, -0.05) is 18.2 Å². The van der Waals surface area contributed by atoms with E-state index < -0.39 is 0 Å². The molecule has 0 heterocycles. The van der Waals surface area contributed by atoms with Gasteiger partial charge in [-0.2, -0.15) is 0 Å². The summed E-state index contributed by atoms with van der Waals surface area (Å²) >= 11 is 1.52. The molecule has 110 valence electrons. The average Bonchev–Trinajstić information content (AvgIpc) is 2.49. The van der Waals surface area contributed by atoms with Crippen molar-refractivity contribution >= 4 is 29.0 Å². The normalized spacial score (nSPS) is 10.4. The summed E-state index contributed by atoms with van der Waals surface area (Å²) < 4.78 is 14.1. The second-order valence-electron chi connectivity index (χ2n) is 4.46. The fourth-order valence-electron chi connectivity index (χ4n) is 2.33. The zero-order valence-corrected chi connectivity index (χ0v) is 12.9. The molecule has 0 amide bonds. The van der Waals surface area contributed by atoms with Crippen molar-refractivity contribution in [3.8, 4) is 0 Å². The predicted molar refractivity (Wildman–Crippen MR) is 88.3 cm³/mol. The number of thioether (sulfide) groups is 1. The lowest BCUT2D eigenvalue weighted by molar-refractivity contribution is 0.625. The van der Waals surface area contributed by atoms with Gasteiger partial charge in [-0.3, -0.25) is 5.41 Å². The number of hydrogen-bond donors (Lipinski definition) is 2. The standard InChI is InChI=1S/C16H18FN3S/c1-3-20(12-8-5-4-7-11(12)17)13-9-6-10-14(21-2)15(13)16(18)19/h4-10H,3H2,1-2H3,(H3,18,19). The fraction of sp³-hybridized carbons (Fsp3) is 0.188. The molecular formula is C16H18FN3S. The molecule has 0 bridgehead atoms. The van der Waals surface area contributed by atoms with Gasteiger partial charge in [0.15, 0.2) is 0 Å². The lowest BCUT2D eigenvalue weighted by Gasteiger charge is -2.27. The van der Waals surface area contributed by atoms with Crippen LogP contribution in [0.1, 0.15) is 12.5 Å². The summed E-state index contributed by atoms with van der Waals surface area (Å²) in [6.45, 7) is 2.53. The number of amidine groups is 1. The van der Waals surface area contributed by atoms with E-state index in [1.165, 1.54) is 17.8 Å². The molecule has 0 atom stereocenters. The molecule has 0 saturated heterocycles. The Morgan fingerprint density at radius 1 is 1.19 bits per heavy atom. The molecule has 0 saturated carbocycles. The highest BCUT2D eigenvalue weighted by molar-refractivity contribution is 7.98. The molecule has 2 rings (SSSR count). The highest BCUT2D eigenvalue weighted by Crippen LogP contribution is 2.34. The first-order valence-corrected chi connectivity index (χ1v) is 7.86. The number of benzene rings is 2. The number of anilines is 2. The van der Waals surface area contributed by atoms with Crippen molar-refractivity contribution in [2.45, 2.75) is 11.8 Å². The van der Waals surface area contributed by atoms with E-state index in [0.717, 1.165) is 10.6 Å². The van der Waals surface area contributed by atoms with Crippen molar-refractivity contribution in [3.05, 3.63) is 53.8 Å². The second kappa shape index (κ2) is 6.63. The summed E-state index contributed by atoms with van der Waals surface area (Å²) in [5.41, 5.74) is 7.64. The summed E-state index contributed by atoms with van der Waals surface area (Å²) in [6, 6.07) is 12.3. The lowest BCUT2D eigenvalue weighted by atomic mass is 10.1. The predicted octanol–water partition coefficient (Wildman–Crippen LogP) is 3.99. The summed E-state index contributed by atoms with van der Waals surface area (Å²) in [5, 5.41) is 7.85. The molecule has 0 unspecified atom stereocenters. The molecule has 21 heavy (non-hydrogen) atoms. The summed E-state index contributed by atoms with van der Waals surface area (Å²) in [4.78, 5) is 2.75.